The maximum absolute atomic E-state index is 5.69. The molecule has 0 spiro atoms. The summed E-state index contributed by atoms with van der Waals surface area (Å²) < 4.78 is 6.82. The monoisotopic (exact) mass is 283 g/mol. The molecule has 16 heavy (non-hydrogen) atoms. The first-order valence-electron chi connectivity index (χ1n) is 5.87. The van der Waals surface area contributed by atoms with Crippen LogP contribution < -0.4 is 5.32 Å². The van der Waals surface area contributed by atoms with Crippen LogP contribution in [0.1, 0.15) is 24.8 Å². The summed E-state index contributed by atoms with van der Waals surface area (Å²) in [5, 5.41) is 3.46. The van der Waals surface area contributed by atoms with Crippen molar-refractivity contribution in [3.8, 4) is 0 Å². The summed E-state index contributed by atoms with van der Waals surface area (Å²) in [5.41, 5.74) is 2.47. The third kappa shape index (κ3) is 3.22. The van der Waals surface area contributed by atoms with E-state index in [9.17, 15) is 0 Å². The smallest absolute Gasteiger partial charge is 0.0747 e. The van der Waals surface area contributed by atoms with E-state index < -0.39 is 0 Å². The van der Waals surface area contributed by atoms with Crippen molar-refractivity contribution in [1.29, 1.82) is 0 Å². The molecule has 1 N–H and O–H groups in total. The van der Waals surface area contributed by atoms with Crippen molar-refractivity contribution >= 4 is 21.6 Å². The van der Waals surface area contributed by atoms with E-state index in [1.165, 1.54) is 30.5 Å². The fourth-order valence-electron chi connectivity index (χ4n) is 2.02. The Morgan fingerprint density at radius 1 is 1.44 bits per heavy atom. The van der Waals surface area contributed by atoms with E-state index >= 15 is 0 Å². The average Bonchev–Trinajstić information content (AvgIpc) is 2.29. The number of aryl methyl sites for hydroxylation is 1. The van der Waals surface area contributed by atoms with Gasteiger partial charge in [-0.3, -0.25) is 0 Å². The van der Waals surface area contributed by atoms with Gasteiger partial charge in [0.2, 0.25) is 0 Å². The molecular weight excluding hydrogens is 266 g/mol. The summed E-state index contributed by atoms with van der Waals surface area (Å²) in [4.78, 5) is 0. The van der Waals surface area contributed by atoms with Crippen molar-refractivity contribution in [3.63, 3.8) is 0 Å². The Hall–Kier alpha value is -0.540. The molecule has 88 valence electrons. The maximum Gasteiger partial charge on any atom is 0.0747 e. The third-order valence-electron chi connectivity index (χ3n) is 2.98. The Morgan fingerprint density at radius 2 is 2.31 bits per heavy atom. The molecule has 0 aromatic heterocycles. The van der Waals surface area contributed by atoms with Crippen LogP contribution in [-0.4, -0.2) is 19.3 Å². The minimum absolute atomic E-state index is 0.386. The summed E-state index contributed by atoms with van der Waals surface area (Å²) in [6, 6.07) is 6.31. The molecule has 1 unspecified atom stereocenters. The molecule has 1 heterocycles. The molecule has 1 fully saturated rings. The highest BCUT2D eigenvalue weighted by molar-refractivity contribution is 9.10. The van der Waals surface area contributed by atoms with Gasteiger partial charge in [0.15, 0.2) is 0 Å². The zero-order valence-corrected chi connectivity index (χ0v) is 11.2. The second-order valence-electron chi connectivity index (χ2n) is 4.33. The Balaban J connectivity index is 1.88. The van der Waals surface area contributed by atoms with Crippen LogP contribution >= 0.6 is 15.9 Å². The van der Waals surface area contributed by atoms with Crippen LogP contribution in [0.15, 0.2) is 22.7 Å². The molecule has 3 heteroatoms. The van der Waals surface area contributed by atoms with E-state index in [2.05, 4.69) is 46.4 Å². The lowest BCUT2D eigenvalue weighted by Crippen LogP contribution is -2.27. The first kappa shape index (κ1) is 11.9. The van der Waals surface area contributed by atoms with Crippen molar-refractivity contribution < 1.29 is 4.74 Å². The van der Waals surface area contributed by atoms with Crippen LogP contribution in [-0.2, 0) is 4.74 Å². The highest BCUT2D eigenvalue weighted by atomic mass is 79.9. The lowest BCUT2D eigenvalue weighted by Gasteiger charge is -2.23. The first-order valence-corrected chi connectivity index (χ1v) is 6.66. The quantitative estimate of drug-likeness (QED) is 0.913. The molecule has 1 aromatic rings. The molecule has 1 aliphatic heterocycles. The van der Waals surface area contributed by atoms with Crippen LogP contribution in [0.4, 0.5) is 5.69 Å². The van der Waals surface area contributed by atoms with Gasteiger partial charge >= 0.3 is 0 Å². The number of ether oxygens (including phenoxy) is 1. The molecular formula is C13H18BrNO. The average molecular weight is 284 g/mol. The molecule has 0 bridgehead atoms. The van der Waals surface area contributed by atoms with E-state index in [0.29, 0.717) is 6.10 Å². The third-order valence-corrected chi connectivity index (χ3v) is 3.48. The number of rotatable bonds is 3. The minimum atomic E-state index is 0.386. The fourth-order valence-corrected chi connectivity index (χ4v) is 2.49. The number of hydrogen-bond acceptors (Lipinski definition) is 2. The first-order chi connectivity index (χ1) is 7.75. The summed E-state index contributed by atoms with van der Waals surface area (Å²) in [6.07, 6.45) is 4.08. The topological polar surface area (TPSA) is 21.3 Å². The van der Waals surface area contributed by atoms with Crippen molar-refractivity contribution in [3.05, 3.63) is 28.2 Å². The number of nitrogens with one attached hydrogen (secondary N) is 1. The Kier molecular flexibility index (Phi) is 4.24. The molecule has 2 rings (SSSR count). The molecule has 0 radical (unpaired) electrons. The van der Waals surface area contributed by atoms with Crippen molar-refractivity contribution in [2.24, 2.45) is 0 Å². The zero-order valence-electron chi connectivity index (χ0n) is 9.63. The van der Waals surface area contributed by atoms with Gasteiger partial charge in [0.05, 0.1) is 6.10 Å². The molecule has 1 atom stereocenters. The highest BCUT2D eigenvalue weighted by Gasteiger charge is 2.13. The van der Waals surface area contributed by atoms with Crippen LogP contribution in [0.5, 0.6) is 0 Å². The second-order valence-corrected chi connectivity index (χ2v) is 5.24. The number of halogens is 1. The molecule has 0 saturated carbocycles. The number of anilines is 1. The Morgan fingerprint density at radius 3 is 3.00 bits per heavy atom. The predicted molar refractivity (Wildman–Crippen MR) is 71.0 cm³/mol. The van der Waals surface area contributed by atoms with Gasteiger partial charge in [0, 0.05) is 23.3 Å². The normalized spacial score (nSPS) is 20.8. The molecule has 1 aromatic carbocycles. The van der Waals surface area contributed by atoms with E-state index in [1.54, 1.807) is 0 Å². The molecule has 1 aliphatic rings. The Bertz CT molecular complexity index is 348. The van der Waals surface area contributed by atoms with Gasteiger partial charge in [0.25, 0.3) is 0 Å². The van der Waals surface area contributed by atoms with Crippen molar-refractivity contribution in [2.45, 2.75) is 32.3 Å². The van der Waals surface area contributed by atoms with Crippen LogP contribution in [0.2, 0.25) is 0 Å². The molecule has 1 saturated heterocycles. The Labute approximate surface area is 106 Å². The van der Waals surface area contributed by atoms with Crippen LogP contribution in [0.3, 0.4) is 0 Å². The van der Waals surface area contributed by atoms with Gasteiger partial charge in [-0.05, 0) is 49.9 Å². The van der Waals surface area contributed by atoms with Gasteiger partial charge in [0.1, 0.15) is 0 Å². The fraction of sp³-hybridized carbons (Fsp3) is 0.538. The molecule has 0 aliphatic carbocycles. The standard InChI is InChI=1S/C13H18BrNO/c1-10-8-11(14)5-6-13(10)15-9-12-4-2-3-7-16-12/h5-6,8,12,15H,2-4,7,9H2,1H3. The number of hydrogen-bond donors (Lipinski definition) is 1. The molecule has 0 amide bonds. The number of benzene rings is 1. The van der Waals surface area contributed by atoms with Crippen molar-refractivity contribution in [2.75, 3.05) is 18.5 Å². The van der Waals surface area contributed by atoms with Gasteiger partial charge in [-0.1, -0.05) is 15.9 Å². The zero-order chi connectivity index (χ0) is 11.4. The van der Waals surface area contributed by atoms with Crippen molar-refractivity contribution in [1.82, 2.24) is 0 Å². The highest BCUT2D eigenvalue weighted by Crippen LogP contribution is 2.21. The van der Waals surface area contributed by atoms with E-state index in [4.69, 9.17) is 4.74 Å². The van der Waals surface area contributed by atoms with Gasteiger partial charge < -0.3 is 10.1 Å². The van der Waals surface area contributed by atoms with E-state index in [-0.39, 0.29) is 0 Å². The minimum Gasteiger partial charge on any atom is -0.382 e. The lowest BCUT2D eigenvalue weighted by atomic mass is 10.1. The second kappa shape index (κ2) is 5.69. The maximum atomic E-state index is 5.69. The summed E-state index contributed by atoms with van der Waals surface area (Å²) in [6.45, 7) is 3.96. The summed E-state index contributed by atoms with van der Waals surface area (Å²) >= 11 is 3.47. The summed E-state index contributed by atoms with van der Waals surface area (Å²) in [5.74, 6) is 0. The van der Waals surface area contributed by atoms with Crippen LogP contribution in [0, 0.1) is 6.92 Å². The predicted octanol–water partition coefficient (Wildman–Crippen LogP) is 3.74. The van der Waals surface area contributed by atoms with Gasteiger partial charge in [-0.15, -0.1) is 0 Å². The summed E-state index contributed by atoms with van der Waals surface area (Å²) in [7, 11) is 0. The SMILES string of the molecule is Cc1cc(Br)ccc1NCC1CCCCO1. The molecule has 2 nitrogen and oxygen atoms in total. The lowest BCUT2D eigenvalue weighted by molar-refractivity contribution is 0.0247. The van der Waals surface area contributed by atoms with E-state index in [1.807, 2.05) is 0 Å². The van der Waals surface area contributed by atoms with Crippen LogP contribution in [0.25, 0.3) is 0 Å². The van der Waals surface area contributed by atoms with E-state index in [0.717, 1.165) is 17.6 Å². The largest absolute Gasteiger partial charge is 0.382 e. The van der Waals surface area contributed by atoms with Gasteiger partial charge in [-0.2, -0.15) is 0 Å². The van der Waals surface area contributed by atoms with Gasteiger partial charge in [-0.25, -0.2) is 0 Å².